The molecule has 0 heterocycles. The number of carbonyl (C=O) groups excluding carboxylic acids is 2. The first-order valence-corrected chi connectivity index (χ1v) is 10.5. The molecule has 8 nitrogen and oxygen atoms in total. The molecule has 29 heavy (non-hydrogen) atoms. The summed E-state index contributed by atoms with van der Waals surface area (Å²) in [5.41, 5.74) is 14.9. The SMILES string of the molecule is CCCCCCCCCCCC(=O)C(N)(CCCN=C(N)N)C(=O)OC(C)O.Cl. The van der Waals surface area contributed by atoms with Crippen LogP contribution in [0.5, 0.6) is 0 Å². The zero-order valence-corrected chi connectivity index (χ0v) is 18.8. The summed E-state index contributed by atoms with van der Waals surface area (Å²) in [4.78, 5) is 28.8. The number of aliphatic imine (C=N–C) groups is 1. The van der Waals surface area contributed by atoms with Gasteiger partial charge in [-0.2, -0.15) is 0 Å². The van der Waals surface area contributed by atoms with E-state index >= 15 is 0 Å². The molecule has 0 aliphatic heterocycles. The van der Waals surface area contributed by atoms with E-state index in [1.54, 1.807) is 0 Å². The molecule has 0 bridgehead atoms. The fourth-order valence-corrected chi connectivity index (χ4v) is 3.00. The van der Waals surface area contributed by atoms with Gasteiger partial charge in [0.25, 0.3) is 0 Å². The van der Waals surface area contributed by atoms with Gasteiger partial charge in [-0.3, -0.25) is 9.79 Å². The average molecular weight is 437 g/mol. The number of unbranched alkanes of at least 4 members (excludes halogenated alkanes) is 8. The number of rotatable bonds is 17. The van der Waals surface area contributed by atoms with Crippen LogP contribution in [0.4, 0.5) is 0 Å². The minimum atomic E-state index is -1.78. The fourth-order valence-electron chi connectivity index (χ4n) is 3.00. The number of guanidine groups is 1. The summed E-state index contributed by atoms with van der Waals surface area (Å²) in [5.74, 6) is -1.34. The normalized spacial score (nSPS) is 13.7. The summed E-state index contributed by atoms with van der Waals surface area (Å²) in [6.45, 7) is 3.75. The number of Topliss-reactive ketones (excluding diaryl/α,β-unsaturated/α-hetero) is 1. The van der Waals surface area contributed by atoms with Gasteiger partial charge in [-0.25, -0.2) is 4.79 Å². The third-order valence-electron chi connectivity index (χ3n) is 4.67. The molecule has 0 aromatic heterocycles. The Morgan fingerprint density at radius 2 is 1.52 bits per heavy atom. The highest BCUT2D eigenvalue weighted by molar-refractivity contribution is 6.08. The van der Waals surface area contributed by atoms with Crippen LogP contribution < -0.4 is 17.2 Å². The predicted octanol–water partition coefficient (Wildman–Crippen LogP) is 2.53. The van der Waals surface area contributed by atoms with Crippen LogP contribution in [0, 0.1) is 0 Å². The molecular formula is C20H41ClN4O4. The van der Waals surface area contributed by atoms with Crippen LogP contribution in [0.1, 0.15) is 90.9 Å². The van der Waals surface area contributed by atoms with Gasteiger partial charge in [-0.15, -0.1) is 12.4 Å². The molecule has 0 fully saturated rings. The first-order chi connectivity index (χ1) is 13.2. The molecule has 0 rings (SSSR count). The summed E-state index contributed by atoms with van der Waals surface area (Å²) in [5, 5.41) is 9.30. The highest BCUT2D eigenvalue weighted by Crippen LogP contribution is 2.19. The lowest BCUT2D eigenvalue weighted by Gasteiger charge is -2.26. The number of aliphatic hydroxyl groups excluding tert-OH is 1. The number of nitrogens with zero attached hydrogens (tertiary/aromatic N) is 1. The van der Waals surface area contributed by atoms with Crippen molar-refractivity contribution in [3.63, 3.8) is 0 Å². The zero-order chi connectivity index (χ0) is 21.4. The van der Waals surface area contributed by atoms with E-state index in [1.165, 1.54) is 39.0 Å². The van der Waals surface area contributed by atoms with Crippen molar-refractivity contribution in [3.05, 3.63) is 0 Å². The molecule has 0 spiro atoms. The van der Waals surface area contributed by atoms with Gasteiger partial charge in [-0.1, -0.05) is 58.3 Å². The Balaban J connectivity index is 0. The molecule has 7 N–H and O–H groups in total. The number of hydrogen-bond donors (Lipinski definition) is 4. The third-order valence-corrected chi connectivity index (χ3v) is 4.67. The molecule has 0 radical (unpaired) electrons. The summed E-state index contributed by atoms with van der Waals surface area (Å²) in [6, 6.07) is 0. The molecular weight excluding hydrogens is 396 g/mol. The Morgan fingerprint density at radius 1 is 1.00 bits per heavy atom. The highest BCUT2D eigenvalue weighted by atomic mass is 35.5. The maximum absolute atomic E-state index is 12.6. The highest BCUT2D eigenvalue weighted by Gasteiger charge is 2.42. The largest absolute Gasteiger partial charge is 0.435 e. The quantitative estimate of drug-likeness (QED) is 0.0681. The molecule has 2 unspecified atom stereocenters. The molecule has 172 valence electrons. The summed E-state index contributed by atoms with van der Waals surface area (Å²) >= 11 is 0. The Labute approximate surface area is 181 Å². The second-order valence-corrected chi connectivity index (χ2v) is 7.39. The summed E-state index contributed by atoms with van der Waals surface area (Å²) < 4.78 is 4.79. The number of ether oxygens (including phenoxy) is 1. The van der Waals surface area contributed by atoms with Crippen LogP contribution in [-0.2, 0) is 14.3 Å². The van der Waals surface area contributed by atoms with Crippen LogP contribution in [0.25, 0.3) is 0 Å². The lowest BCUT2D eigenvalue weighted by molar-refractivity contribution is -0.173. The van der Waals surface area contributed by atoms with E-state index < -0.39 is 17.8 Å². The van der Waals surface area contributed by atoms with Crippen LogP contribution in [0.2, 0.25) is 0 Å². The molecule has 2 atom stereocenters. The number of carbonyl (C=O) groups is 2. The minimum Gasteiger partial charge on any atom is -0.435 e. The van der Waals surface area contributed by atoms with Gasteiger partial charge >= 0.3 is 5.97 Å². The molecule has 0 aliphatic carbocycles. The Morgan fingerprint density at radius 3 is 2.00 bits per heavy atom. The van der Waals surface area contributed by atoms with Gasteiger partial charge in [0.2, 0.25) is 0 Å². The standard InChI is InChI=1S/C20H40N4O4.ClH/c1-3-4-5-6-7-8-9-10-11-13-17(26)20(23,18(27)28-16(2)25)14-12-15-24-19(21)22;/h16,25H,3-15,23H2,1-2H3,(H4,21,22,24);1H. The molecule has 0 saturated heterocycles. The lowest BCUT2D eigenvalue weighted by atomic mass is 9.86. The van der Waals surface area contributed by atoms with E-state index in [2.05, 4.69) is 11.9 Å². The van der Waals surface area contributed by atoms with E-state index in [4.69, 9.17) is 21.9 Å². The van der Waals surface area contributed by atoms with Gasteiger partial charge < -0.3 is 27.0 Å². The van der Waals surface area contributed by atoms with E-state index in [0.29, 0.717) is 12.8 Å². The minimum absolute atomic E-state index is 0. The fraction of sp³-hybridized carbons (Fsp3) is 0.850. The lowest BCUT2D eigenvalue weighted by Crippen LogP contribution is -2.56. The molecule has 0 amide bonds. The maximum Gasteiger partial charge on any atom is 0.336 e. The smallest absolute Gasteiger partial charge is 0.336 e. The van der Waals surface area contributed by atoms with Crippen molar-refractivity contribution in [2.24, 2.45) is 22.2 Å². The Bertz CT molecular complexity index is 485. The maximum atomic E-state index is 12.6. The van der Waals surface area contributed by atoms with Crippen molar-refractivity contribution in [2.45, 2.75) is 103 Å². The van der Waals surface area contributed by atoms with Gasteiger partial charge in [0.1, 0.15) is 0 Å². The number of esters is 1. The second-order valence-electron chi connectivity index (χ2n) is 7.39. The number of ketones is 1. The van der Waals surface area contributed by atoms with Gasteiger partial charge in [0.05, 0.1) is 0 Å². The van der Waals surface area contributed by atoms with Crippen molar-refractivity contribution in [3.8, 4) is 0 Å². The number of hydrogen-bond acceptors (Lipinski definition) is 6. The Hall–Kier alpha value is -1.38. The van der Waals surface area contributed by atoms with Crippen molar-refractivity contribution in [2.75, 3.05) is 6.54 Å². The molecule has 0 aromatic rings. The van der Waals surface area contributed by atoms with Crippen molar-refractivity contribution in [1.82, 2.24) is 0 Å². The van der Waals surface area contributed by atoms with Gasteiger partial charge in [-0.05, 0) is 26.2 Å². The van der Waals surface area contributed by atoms with E-state index in [0.717, 1.165) is 19.3 Å². The van der Waals surface area contributed by atoms with Crippen LogP contribution in [-0.4, -0.2) is 41.2 Å². The van der Waals surface area contributed by atoms with Gasteiger partial charge in [0, 0.05) is 13.0 Å². The van der Waals surface area contributed by atoms with Crippen LogP contribution in [0.3, 0.4) is 0 Å². The number of halogens is 1. The molecule has 9 heteroatoms. The predicted molar refractivity (Wildman–Crippen MR) is 119 cm³/mol. The monoisotopic (exact) mass is 436 g/mol. The topological polar surface area (TPSA) is 154 Å². The molecule has 0 aliphatic rings. The number of nitrogens with two attached hydrogens (primary N) is 3. The number of aliphatic hydroxyl groups is 1. The van der Waals surface area contributed by atoms with E-state index in [9.17, 15) is 14.7 Å². The molecule has 0 aromatic carbocycles. The van der Waals surface area contributed by atoms with Crippen molar-refractivity contribution in [1.29, 1.82) is 0 Å². The molecule has 0 saturated carbocycles. The Kier molecular flexibility index (Phi) is 18.0. The summed E-state index contributed by atoms with van der Waals surface area (Å²) in [6.07, 6.45) is 9.45. The first-order valence-electron chi connectivity index (χ1n) is 10.5. The third kappa shape index (κ3) is 14.3. The first kappa shape index (κ1) is 29.8. The zero-order valence-electron chi connectivity index (χ0n) is 18.0. The van der Waals surface area contributed by atoms with Crippen molar-refractivity contribution >= 4 is 30.1 Å². The second kappa shape index (κ2) is 17.5. The average Bonchev–Trinajstić information content (AvgIpc) is 2.62. The van der Waals surface area contributed by atoms with Crippen LogP contribution >= 0.6 is 12.4 Å². The van der Waals surface area contributed by atoms with Crippen molar-refractivity contribution < 1.29 is 19.4 Å². The van der Waals surface area contributed by atoms with E-state index in [1.807, 2.05) is 0 Å². The van der Waals surface area contributed by atoms with Gasteiger partial charge in [0.15, 0.2) is 23.6 Å². The van der Waals surface area contributed by atoms with E-state index in [-0.39, 0.29) is 43.5 Å². The summed E-state index contributed by atoms with van der Waals surface area (Å²) in [7, 11) is 0. The van der Waals surface area contributed by atoms with Crippen LogP contribution in [0.15, 0.2) is 4.99 Å².